The number of primary sulfonamides is 1. The number of alkyl halides is 8. The Morgan fingerprint density at radius 3 is 0.938 bits per heavy atom. The van der Waals surface area contributed by atoms with Crippen LogP contribution in [0.25, 0.3) is 68.8 Å². The zero-order chi connectivity index (χ0) is 93.6. The van der Waals surface area contributed by atoms with Gasteiger partial charge in [0.25, 0.3) is 45.9 Å². The molecule has 0 amide bonds. The lowest BCUT2D eigenvalue weighted by molar-refractivity contribution is 0.0532. The molecule has 9 heterocycles. The van der Waals surface area contributed by atoms with Gasteiger partial charge in [-0.05, 0) is 156 Å². The number of sulfone groups is 3. The number of hydrogen-bond acceptors (Lipinski definition) is 17. The van der Waals surface area contributed by atoms with Crippen molar-refractivity contribution < 1.29 is 82.0 Å². The molecule has 4 saturated heterocycles. The lowest BCUT2D eigenvalue weighted by Gasteiger charge is -2.35. The average Bonchev–Trinajstić information content (AvgIpc) is 1.57. The third-order valence-electron chi connectivity index (χ3n) is 29.1. The second-order valence-electron chi connectivity index (χ2n) is 37.2. The first-order chi connectivity index (χ1) is 60.8. The summed E-state index contributed by atoms with van der Waals surface area (Å²) in [7, 11) is -9.11. The lowest BCUT2D eigenvalue weighted by atomic mass is 9.91. The fourth-order valence-electron chi connectivity index (χ4n) is 20.5. The van der Waals surface area contributed by atoms with Crippen molar-refractivity contribution in [1.29, 1.82) is 0 Å². The van der Waals surface area contributed by atoms with E-state index in [1.54, 1.807) is 83.9 Å². The molecule has 22 nitrogen and oxygen atoms in total. The van der Waals surface area contributed by atoms with Gasteiger partial charge in [0.05, 0.1) is 15.9 Å². The molecule has 8 aromatic rings. The van der Waals surface area contributed by atoms with Crippen LogP contribution in [0.15, 0.2) is 137 Å². The van der Waals surface area contributed by atoms with E-state index in [1.807, 2.05) is 57.2 Å². The molecule has 0 unspecified atom stereocenters. The van der Waals surface area contributed by atoms with Gasteiger partial charge in [-0.2, -0.15) is 0 Å². The minimum Gasteiger partial charge on any atom is -0.371 e. The number of rotatable bonds is 14. The van der Waals surface area contributed by atoms with Gasteiger partial charge in [-0.25, -0.2) is 92.1 Å². The fourth-order valence-corrected chi connectivity index (χ4v) is 23.8. The van der Waals surface area contributed by atoms with E-state index in [-0.39, 0.29) is 71.4 Å². The minimum atomic E-state index is -4.35. The molecule has 5 aromatic heterocycles. The van der Waals surface area contributed by atoms with Crippen molar-refractivity contribution in [1.82, 2.24) is 23.3 Å². The zero-order valence-electron chi connectivity index (χ0n) is 72.6. The molecule has 692 valence electrons. The van der Waals surface area contributed by atoms with Crippen molar-refractivity contribution in [2.45, 2.75) is 172 Å². The Hall–Kier alpha value is -10.2. The van der Waals surface area contributed by atoms with E-state index in [0.717, 1.165) is 23.4 Å². The number of sulfonamides is 1. The zero-order valence-corrected chi connectivity index (χ0v) is 75.9. The van der Waals surface area contributed by atoms with Crippen LogP contribution < -0.4 is 47.0 Å². The largest absolute Gasteiger partial charge is 0.371 e. The van der Waals surface area contributed by atoms with Crippen LogP contribution in [-0.2, 0) is 93.4 Å². The van der Waals surface area contributed by atoms with Gasteiger partial charge >= 0.3 is 0 Å². The highest BCUT2D eigenvalue weighted by Crippen LogP contribution is 2.69. The third kappa shape index (κ3) is 15.7. The summed E-state index contributed by atoms with van der Waals surface area (Å²) < 4.78 is 261. The molecular weight excluding hydrogens is 1790 g/mol. The number of nitrogens with zero attached hydrogens (tertiary/aromatic N) is 9. The Balaban J connectivity index is 0.000000121. The smallest absolute Gasteiger partial charge is 0.254 e. The summed E-state index contributed by atoms with van der Waals surface area (Å²) in [6.45, 7) is 7.43. The maximum atomic E-state index is 15.1. The number of aromatic nitrogens is 5. The van der Waals surface area contributed by atoms with Gasteiger partial charge < -0.3 is 37.9 Å². The van der Waals surface area contributed by atoms with Gasteiger partial charge in [0, 0.05) is 249 Å². The lowest BCUT2D eigenvalue weighted by Crippen LogP contribution is -2.37. The normalized spacial score (nSPS) is 20.5. The van der Waals surface area contributed by atoms with E-state index < -0.39 is 122 Å². The standard InChI is InChI=1S/C24H25F3N2O3S.C24H27F2N3O3S.C23H23F3N2O3S.C22H22F3N3O3S/c1-3-33(31,32)21-11-17(18-13-28(2)22(30)16-6-4-5-15(16)18)20(12-19(21)25)29-9-7-23(8-10-29)14-24(23,26)27;1-15(2)33(31,32)16-11-19(20-13-28(3)22(30)18-6-4-5-17(18)20)21(27-12-16)29-9-7-23(8-10-29)14-24(23,25)26;1-27-12-17(14-4-3-5-15(14)21(27)29)16-10-20(32(2,30)31)18(24)11-19(16)28-8-6-22(7-9-28)13-23(22,25)26;1-27-11-16(13-3-2-4-14(13)20(27)29)15-9-19(32(26,30)31)17(23)10-18(15)28-7-5-21(6-8-28)12-22(21,24)25/h4-5,11-13H,3,6-10,14H2,1-2H3;4-5,11-13,15H,6-10,14H2,1-3H3;3-4,10-12H,5-9,13H2,1-2H3;2-3,9-11H,4-8,12H2,1H3,(H2,26,30,31). The van der Waals surface area contributed by atoms with Crippen LogP contribution >= 0.6 is 0 Å². The highest BCUT2D eigenvalue weighted by Gasteiger charge is 2.73. The van der Waals surface area contributed by atoms with Crippen LogP contribution in [0.1, 0.15) is 142 Å². The molecule has 0 atom stereocenters. The van der Waals surface area contributed by atoms with E-state index in [0.29, 0.717) is 217 Å². The average molecular weight is 1880 g/mol. The summed E-state index contributed by atoms with van der Waals surface area (Å²) in [6, 6.07) is 8.95. The Bertz CT molecular complexity index is 6820. The number of hydrogen-bond donors (Lipinski definition) is 1. The predicted molar refractivity (Wildman–Crippen MR) is 475 cm³/mol. The van der Waals surface area contributed by atoms with Crippen molar-refractivity contribution in [3.8, 4) is 44.5 Å². The van der Waals surface area contributed by atoms with E-state index in [9.17, 15) is 96.8 Å². The molecule has 8 aliphatic carbocycles. The molecular formula is C93H97F11N10O12S4. The number of piperidine rings is 4. The summed E-state index contributed by atoms with van der Waals surface area (Å²) in [5.41, 5.74) is 6.66. The van der Waals surface area contributed by atoms with E-state index in [4.69, 9.17) is 5.14 Å². The number of nitrogens with two attached hydrogens (primary N) is 1. The molecule has 12 aliphatic rings. The van der Waals surface area contributed by atoms with Gasteiger partial charge in [-0.3, -0.25) is 19.2 Å². The molecule has 3 aromatic carbocycles. The van der Waals surface area contributed by atoms with Crippen LogP contribution in [-0.4, -0.2) is 150 Å². The van der Waals surface area contributed by atoms with Crippen LogP contribution in [0, 0.1) is 39.1 Å². The summed E-state index contributed by atoms with van der Waals surface area (Å²) in [6.07, 6.45) is 27.6. The Morgan fingerprint density at radius 2 is 0.662 bits per heavy atom. The highest BCUT2D eigenvalue weighted by molar-refractivity contribution is 7.92. The number of aryl methyl sites for hydroxylation is 4. The quantitative estimate of drug-likeness (QED) is 0.0990. The molecule has 2 N–H and O–H groups in total. The number of halogens is 11. The van der Waals surface area contributed by atoms with Gasteiger partial charge in [-0.1, -0.05) is 55.5 Å². The topological polar surface area (TPSA) is 276 Å². The maximum absolute atomic E-state index is 15.1. The fraction of sp³-hybridized carbons (Fsp3) is 0.452. The van der Waals surface area contributed by atoms with Crippen molar-refractivity contribution in [2.75, 3.05) is 84.0 Å². The van der Waals surface area contributed by atoms with Crippen molar-refractivity contribution in [3.63, 3.8) is 0 Å². The van der Waals surface area contributed by atoms with Crippen LogP contribution in [0.2, 0.25) is 0 Å². The summed E-state index contributed by atoms with van der Waals surface area (Å²) in [4.78, 5) is 60.9. The predicted octanol–water partition coefficient (Wildman–Crippen LogP) is 14.8. The van der Waals surface area contributed by atoms with Crippen molar-refractivity contribution in [3.05, 3.63) is 201 Å². The second-order valence-corrected chi connectivity index (χ2v) is 45.4. The van der Waals surface area contributed by atoms with Gasteiger partial charge in [0.2, 0.25) is 10.0 Å². The van der Waals surface area contributed by atoms with Crippen LogP contribution in [0.4, 0.5) is 71.2 Å². The minimum absolute atomic E-state index is 0.0568. The molecule has 4 aliphatic heterocycles. The van der Waals surface area contributed by atoms with Gasteiger partial charge in [0.15, 0.2) is 29.5 Å². The number of allylic oxidation sites excluding steroid dienone is 4. The Morgan fingerprint density at radius 1 is 0.392 bits per heavy atom. The van der Waals surface area contributed by atoms with Gasteiger partial charge in [0.1, 0.15) is 38.0 Å². The molecule has 8 fully saturated rings. The molecule has 130 heavy (non-hydrogen) atoms. The Kier molecular flexibility index (Phi) is 22.4. The monoisotopic (exact) mass is 1880 g/mol. The number of benzene rings is 3. The number of pyridine rings is 5. The molecule has 4 spiro atoms. The van der Waals surface area contributed by atoms with E-state index in [1.165, 1.54) is 61.7 Å². The van der Waals surface area contributed by atoms with Crippen LogP contribution in [0.5, 0.6) is 0 Å². The van der Waals surface area contributed by atoms with Gasteiger partial charge in [-0.15, -0.1) is 0 Å². The van der Waals surface area contributed by atoms with E-state index >= 15 is 4.39 Å². The van der Waals surface area contributed by atoms with Crippen LogP contribution in [0.3, 0.4) is 0 Å². The SMILES string of the molecule is CC(C)S(=O)(=O)c1cnc(N2CCC3(CC2)CC3(F)F)c(-c2cn(C)c(=O)c3c2C=CC3)c1.CCS(=O)(=O)c1cc(-c2cn(C)c(=O)c3c2C=CC3)c(N2CCC3(CC2)CC3(F)F)cc1F.Cn1cc(-c2cc(S(C)(=O)=O)c(F)cc2N2CCC3(CC2)CC3(F)F)c2c(c1=O)CC=C2.Cn1cc(-c2cc(S(N)(=O)=O)c(F)cc2N2CCC3(CC2)CC3(F)F)c2c(c1=O)CC=C2. The molecule has 0 bridgehead atoms. The maximum Gasteiger partial charge on any atom is 0.254 e. The summed E-state index contributed by atoms with van der Waals surface area (Å²) in [5.74, 6) is -13.0. The highest BCUT2D eigenvalue weighted by atomic mass is 32.2. The van der Waals surface area contributed by atoms with Crippen molar-refractivity contribution >= 4 is 86.7 Å². The van der Waals surface area contributed by atoms with Crippen molar-refractivity contribution in [2.24, 2.45) is 55.0 Å². The first-order valence-electron chi connectivity index (χ1n) is 43.1. The molecule has 20 rings (SSSR count). The van der Waals surface area contributed by atoms with E-state index in [2.05, 4.69) is 4.98 Å². The first kappa shape index (κ1) is 91.6. The summed E-state index contributed by atoms with van der Waals surface area (Å²) >= 11 is 0. The Labute approximate surface area is 744 Å². The molecule has 4 saturated carbocycles. The molecule has 37 heteroatoms. The second kappa shape index (κ2) is 31.7. The molecule has 0 radical (unpaired) electrons. The summed E-state index contributed by atoms with van der Waals surface area (Å²) in [5, 5.41) is 4.62. The third-order valence-corrected chi connectivity index (χ3v) is 35.0. The number of anilines is 4. The number of fused-ring (bicyclic) bond motifs is 4. The first-order valence-corrected chi connectivity index (χ1v) is 49.8.